The van der Waals surface area contributed by atoms with Crippen LogP contribution in [0.25, 0.3) is 34.2 Å². The van der Waals surface area contributed by atoms with Gasteiger partial charge in [-0.3, -0.25) is 10.1 Å². The Morgan fingerprint density at radius 3 is 2.57 bits per heavy atom. The highest BCUT2D eigenvalue weighted by Gasteiger charge is 2.22. The fraction of sp³-hybridized carbons (Fsp3) is 0. The summed E-state index contributed by atoms with van der Waals surface area (Å²) in [5.74, 6) is 0.358. The average Bonchev–Trinajstić information content (AvgIpc) is 3.39. The van der Waals surface area contributed by atoms with Gasteiger partial charge in [-0.25, -0.2) is 4.68 Å². The molecule has 2 aromatic carbocycles. The van der Waals surface area contributed by atoms with Crippen LogP contribution in [0.4, 0.5) is 0 Å². The van der Waals surface area contributed by atoms with Crippen LogP contribution in [0.2, 0.25) is 0 Å². The number of amides is 1. The molecule has 2 aromatic heterocycles. The molecule has 3 heterocycles. The van der Waals surface area contributed by atoms with Crippen LogP contribution in [0.3, 0.4) is 0 Å². The Morgan fingerprint density at radius 2 is 1.82 bits per heavy atom. The van der Waals surface area contributed by atoms with Crippen molar-refractivity contribution >= 4 is 40.3 Å². The van der Waals surface area contributed by atoms with Gasteiger partial charge in [0.15, 0.2) is 10.9 Å². The lowest BCUT2D eigenvalue weighted by atomic mass is 10.1. The van der Waals surface area contributed by atoms with Gasteiger partial charge in [0.2, 0.25) is 0 Å². The monoisotopic (exact) mass is 386 g/mol. The summed E-state index contributed by atoms with van der Waals surface area (Å²) in [6, 6.07) is 19.5. The Bertz CT molecular complexity index is 1220. The fourth-order valence-corrected chi connectivity index (χ4v) is 3.34. The van der Waals surface area contributed by atoms with Gasteiger partial charge in [-0.1, -0.05) is 36.4 Å². The third-order valence-corrected chi connectivity index (χ3v) is 4.65. The molecule has 136 valence electrons. The summed E-state index contributed by atoms with van der Waals surface area (Å²) in [5, 5.41) is 11.4. The average molecular weight is 386 g/mol. The quantitative estimate of drug-likeness (QED) is 0.416. The molecule has 1 amide bonds. The van der Waals surface area contributed by atoms with Crippen molar-refractivity contribution in [2.45, 2.75) is 0 Å². The zero-order chi connectivity index (χ0) is 19.1. The SMILES string of the molecule is O=C1NC(=S)N/C1=C\c1cn(-c2ccccc2)nc1-c1cc2ccccc2o1. The summed E-state index contributed by atoms with van der Waals surface area (Å²) in [5.41, 5.74) is 3.44. The number of aromatic nitrogens is 2. The third kappa shape index (κ3) is 2.87. The molecule has 0 saturated carbocycles. The Labute approximate surface area is 165 Å². The van der Waals surface area contributed by atoms with E-state index in [2.05, 4.69) is 10.6 Å². The van der Waals surface area contributed by atoms with Crippen LogP contribution < -0.4 is 10.6 Å². The molecule has 0 radical (unpaired) electrons. The maximum Gasteiger partial charge on any atom is 0.273 e. The number of fused-ring (bicyclic) bond motifs is 1. The fourth-order valence-electron chi connectivity index (χ4n) is 3.13. The first kappa shape index (κ1) is 16.5. The molecule has 0 aliphatic carbocycles. The highest BCUT2D eigenvalue weighted by molar-refractivity contribution is 7.80. The molecule has 4 aromatic rings. The largest absolute Gasteiger partial charge is 0.454 e. The van der Waals surface area contributed by atoms with Crippen molar-refractivity contribution in [2.24, 2.45) is 0 Å². The minimum absolute atomic E-state index is 0.270. The predicted molar refractivity (Wildman–Crippen MR) is 111 cm³/mol. The Balaban J connectivity index is 1.68. The summed E-state index contributed by atoms with van der Waals surface area (Å²) in [6.07, 6.45) is 3.59. The second-order valence-corrected chi connectivity index (χ2v) is 6.74. The van der Waals surface area contributed by atoms with Gasteiger partial charge in [0.05, 0.1) is 5.69 Å². The number of carbonyl (C=O) groups is 1. The molecule has 28 heavy (non-hydrogen) atoms. The molecule has 0 atom stereocenters. The molecule has 1 fully saturated rings. The number of para-hydroxylation sites is 2. The molecule has 1 saturated heterocycles. The van der Waals surface area contributed by atoms with Crippen LogP contribution >= 0.6 is 12.2 Å². The van der Waals surface area contributed by atoms with Crippen LogP contribution in [-0.2, 0) is 4.79 Å². The molecule has 7 heteroatoms. The number of nitrogens with one attached hydrogen (secondary N) is 2. The Hall–Kier alpha value is -3.71. The molecule has 1 aliphatic rings. The van der Waals surface area contributed by atoms with E-state index in [1.807, 2.05) is 66.9 Å². The van der Waals surface area contributed by atoms with Gasteiger partial charge in [-0.05, 0) is 42.6 Å². The maximum atomic E-state index is 12.1. The van der Waals surface area contributed by atoms with Crippen molar-refractivity contribution in [3.63, 3.8) is 0 Å². The van der Waals surface area contributed by atoms with Gasteiger partial charge in [0.1, 0.15) is 17.0 Å². The molecule has 0 bridgehead atoms. The summed E-state index contributed by atoms with van der Waals surface area (Å²) < 4.78 is 7.77. The standard InChI is InChI=1S/C21H14N4O2S/c26-20-16(22-21(28)23-20)10-14-12-25(15-7-2-1-3-8-15)24-19(14)18-11-13-6-4-5-9-17(13)27-18/h1-12H,(H2,22,23,26,28)/b16-10-. The lowest BCUT2D eigenvalue weighted by Crippen LogP contribution is -2.21. The smallest absolute Gasteiger partial charge is 0.273 e. The van der Waals surface area contributed by atoms with Crippen molar-refractivity contribution in [1.82, 2.24) is 20.4 Å². The van der Waals surface area contributed by atoms with Gasteiger partial charge in [0, 0.05) is 17.1 Å². The van der Waals surface area contributed by atoms with Crippen molar-refractivity contribution < 1.29 is 9.21 Å². The lowest BCUT2D eigenvalue weighted by molar-refractivity contribution is -0.115. The highest BCUT2D eigenvalue weighted by atomic mass is 32.1. The zero-order valence-electron chi connectivity index (χ0n) is 14.5. The van der Waals surface area contributed by atoms with E-state index in [0.29, 0.717) is 17.2 Å². The van der Waals surface area contributed by atoms with E-state index < -0.39 is 0 Å². The van der Waals surface area contributed by atoms with E-state index >= 15 is 0 Å². The first-order valence-corrected chi connectivity index (χ1v) is 9.06. The molecule has 1 aliphatic heterocycles. The van der Waals surface area contributed by atoms with Crippen molar-refractivity contribution in [2.75, 3.05) is 0 Å². The van der Waals surface area contributed by atoms with Crippen LogP contribution in [0.1, 0.15) is 5.56 Å². The summed E-state index contributed by atoms with van der Waals surface area (Å²) in [7, 11) is 0. The number of nitrogens with zero attached hydrogens (tertiary/aromatic N) is 2. The van der Waals surface area contributed by atoms with E-state index in [0.717, 1.165) is 22.2 Å². The topological polar surface area (TPSA) is 72.1 Å². The van der Waals surface area contributed by atoms with Gasteiger partial charge >= 0.3 is 0 Å². The number of carbonyl (C=O) groups excluding carboxylic acids is 1. The number of rotatable bonds is 3. The zero-order valence-corrected chi connectivity index (χ0v) is 15.4. The molecule has 6 nitrogen and oxygen atoms in total. The van der Waals surface area contributed by atoms with Crippen molar-refractivity contribution in [3.05, 3.63) is 78.1 Å². The minimum Gasteiger partial charge on any atom is -0.454 e. The van der Waals surface area contributed by atoms with E-state index in [4.69, 9.17) is 21.7 Å². The minimum atomic E-state index is -0.270. The van der Waals surface area contributed by atoms with E-state index in [1.165, 1.54) is 0 Å². The van der Waals surface area contributed by atoms with Crippen molar-refractivity contribution in [3.8, 4) is 17.1 Å². The van der Waals surface area contributed by atoms with E-state index in [9.17, 15) is 4.79 Å². The highest BCUT2D eigenvalue weighted by Crippen LogP contribution is 2.31. The Kier molecular flexibility index (Phi) is 3.80. The molecule has 2 N–H and O–H groups in total. The van der Waals surface area contributed by atoms with Crippen LogP contribution in [0.5, 0.6) is 0 Å². The van der Waals surface area contributed by atoms with E-state index in [-0.39, 0.29) is 11.0 Å². The Morgan fingerprint density at radius 1 is 1.04 bits per heavy atom. The second kappa shape index (κ2) is 6.47. The van der Waals surface area contributed by atoms with E-state index in [1.54, 1.807) is 10.8 Å². The number of benzene rings is 2. The normalized spacial score (nSPS) is 15.2. The summed E-state index contributed by atoms with van der Waals surface area (Å²) in [6.45, 7) is 0. The lowest BCUT2D eigenvalue weighted by Gasteiger charge is -1.98. The number of thiocarbonyl (C=S) groups is 1. The first-order valence-electron chi connectivity index (χ1n) is 8.65. The van der Waals surface area contributed by atoms with Gasteiger partial charge < -0.3 is 9.73 Å². The second-order valence-electron chi connectivity index (χ2n) is 6.33. The van der Waals surface area contributed by atoms with Gasteiger partial charge in [0.25, 0.3) is 5.91 Å². The molecular weight excluding hydrogens is 372 g/mol. The van der Waals surface area contributed by atoms with Crippen LogP contribution in [-0.4, -0.2) is 20.8 Å². The number of hydrogen-bond acceptors (Lipinski definition) is 4. The third-order valence-electron chi connectivity index (χ3n) is 4.44. The summed E-state index contributed by atoms with van der Waals surface area (Å²) in [4.78, 5) is 12.1. The molecule has 5 rings (SSSR count). The van der Waals surface area contributed by atoms with Crippen LogP contribution in [0, 0.1) is 0 Å². The molecular formula is C21H14N4O2S. The summed E-state index contributed by atoms with van der Waals surface area (Å²) >= 11 is 5.02. The first-order chi connectivity index (χ1) is 13.7. The molecule has 0 spiro atoms. The van der Waals surface area contributed by atoms with Gasteiger partial charge in [-0.15, -0.1) is 0 Å². The van der Waals surface area contributed by atoms with Gasteiger partial charge in [-0.2, -0.15) is 5.10 Å². The predicted octanol–water partition coefficient (Wildman–Crippen LogP) is 3.63. The number of furan rings is 1. The molecule has 0 unspecified atom stereocenters. The van der Waals surface area contributed by atoms with Crippen molar-refractivity contribution in [1.29, 1.82) is 0 Å². The van der Waals surface area contributed by atoms with Crippen LogP contribution in [0.15, 0.2) is 77.0 Å². The number of hydrogen-bond donors (Lipinski definition) is 2. The maximum absolute atomic E-state index is 12.1.